The molecule has 1 unspecified atom stereocenters. The van der Waals surface area contributed by atoms with Gasteiger partial charge in [-0.2, -0.15) is 0 Å². The summed E-state index contributed by atoms with van der Waals surface area (Å²) in [5.41, 5.74) is 0. The van der Waals surface area contributed by atoms with Crippen molar-refractivity contribution in [2.75, 3.05) is 13.2 Å². The predicted octanol–water partition coefficient (Wildman–Crippen LogP) is 0.904. The van der Waals surface area contributed by atoms with Gasteiger partial charge in [-0.3, -0.25) is 0 Å². The second-order valence-corrected chi connectivity index (χ2v) is 6.55. The van der Waals surface area contributed by atoms with Gasteiger partial charge in [-0.1, -0.05) is 0 Å². The molecule has 2 N–H and O–H groups in total. The molecule has 0 spiro atoms. The van der Waals surface area contributed by atoms with Crippen molar-refractivity contribution in [1.82, 2.24) is 4.72 Å². The van der Waals surface area contributed by atoms with E-state index in [0.717, 1.165) is 17.8 Å². The Kier molecular flexibility index (Phi) is 4.00. The first kappa shape index (κ1) is 13.5. The van der Waals surface area contributed by atoms with Crippen LogP contribution in [-0.4, -0.2) is 38.7 Å². The van der Waals surface area contributed by atoms with Crippen molar-refractivity contribution in [1.29, 1.82) is 0 Å². The minimum atomic E-state index is -3.79. The molecule has 0 radical (unpaired) electrons. The molecular weight excluding hydrogens is 278 g/mol. The zero-order valence-electron chi connectivity index (χ0n) is 9.46. The van der Waals surface area contributed by atoms with Crippen LogP contribution in [0.25, 0.3) is 0 Å². The Morgan fingerprint density at radius 1 is 1.56 bits per heavy atom. The lowest BCUT2D eigenvalue weighted by Crippen LogP contribution is -2.40. The fraction of sp³-hybridized carbons (Fsp3) is 0.500. The van der Waals surface area contributed by atoms with Crippen LogP contribution >= 0.6 is 11.3 Å². The Morgan fingerprint density at radius 2 is 2.33 bits per heavy atom. The van der Waals surface area contributed by atoms with E-state index in [1.807, 2.05) is 0 Å². The highest BCUT2D eigenvalue weighted by atomic mass is 32.2. The van der Waals surface area contributed by atoms with Crippen LogP contribution in [0.2, 0.25) is 0 Å². The number of hydrogen-bond donors (Lipinski definition) is 2. The molecule has 1 aliphatic rings. The van der Waals surface area contributed by atoms with Crippen molar-refractivity contribution in [2.24, 2.45) is 0 Å². The number of carbonyl (C=O) groups is 1. The summed E-state index contributed by atoms with van der Waals surface area (Å²) in [6.45, 7) is 0.961. The third-order valence-corrected chi connectivity index (χ3v) is 5.19. The molecule has 1 atom stereocenters. The van der Waals surface area contributed by atoms with Crippen LogP contribution in [0.3, 0.4) is 0 Å². The molecule has 2 heterocycles. The third-order valence-electron chi connectivity index (χ3n) is 2.59. The zero-order valence-corrected chi connectivity index (χ0v) is 11.1. The molecule has 1 aromatic rings. The van der Waals surface area contributed by atoms with Gasteiger partial charge in [0.05, 0.1) is 6.61 Å². The maximum absolute atomic E-state index is 12.1. The van der Waals surface area contributed by atoms with Crippen LogP contribution in [0.15, 0.2) is 16.3 Å². The monoisotopic (exact) mass is 291 g/mol. The summed E-state index contributed by atoms with van der Waals surface area (Å²) in [5, 5.41) is 10.4. The molecule has 0 aliphatic carbocycles. The molecule has 100 valence electrons. The number of sulfonamides is 1. The first-order valence-corrected chi connectivity index (χ1v) is 7.78. The minimum absolute atomic E-state index is 0.167. The molecule has 1 aromatic heterocycles. The summed E-state index contributed by atoms with van der Waals surface area (Å²) in [6.07, 6.45) is 1.49. The van der Waals surface area contributed by atoms with E-state index in [0.29, 0.717) is 19.6 Å². The molecule has 18 heavy (non-hydrogen) atoms. The van der Waals surface area contributed by atoms with Crippen LogP contribution in [0, 0.1) is 0 Å². The van der Waals surface area contributed by atoms with Gasteiger partial charge in [0.25, 0.3) is 0 Å². The first-order valence-electron chi connectivity index (χ1n) is 5.41. The SMILES string of the molecule is O=C(O)c1sccc1S(=O)(=O)NC1CCCOC1. The largest absolute Gasteiger partial charge is 0.477 e. The van der Waals surface area contributed by atoms with E-state index in [-0.39, 0.29) is 15.8 Å². The number of thiophene rings is 1. The van der Waals surface area contributed by atoms with Gasteiger partial charge < -0.3 is 9.84 Å². The van der Waals surface area contributed by atoms with E-state index in [2.05, 4.69) is 4.72 Å². The molecular formula is C10H13NO5S2. The Hall–Kier alpha value is -0.960. The molecule has 0 amide bonds. The smallest absolute Gasteiger partial charge is 0.347 e. The molecule has 1 aliphatic heterocycles. The molecule has 8 heteroatoms. The molecule has 1 saturated heterocycles. The van der Waals surface area contributed by atoms with Crippen molar-refractivity contribution in [3.63, 3.8) is 0 Å². The summed E-state index contributed by atoms with van der Waals surface area (Å²) in [7, 11) is -3.79. The summed E-state index contributed by atoms with van der Waals surface area (Å²) in [5.74, 6) is -1.23. The fourth-order valence-corrected chi connectivity index (χ4v) is 4.30. The maximum atomic E-state index is 12.1. The molecule has 2 rings (SSSR count). The van der Waals surface area contributed by atoms with E-state index in [9.17, 15) is 13.2 Å². The highest BCUT2D eigenvalue weighted by molar-refractivity contribution is 7.89. The van der Waals surface area contributed by atoms with Crippen molar-refractivity contribution in [3.05, 3.63) is 16.3 Å². The summed E-state index contributed by atoms with van der Waals surface area (Å²) in [4.78, 5) is 10.6. The number of nitrogens with one attached hydrogen (secondary N) is 1. The Balaban J connectivity index is 2.19. The van der Waals surface area contributed by atoms with Crippen LogP contribution in [0.4, 0.5) is 0 Å². The second-order valence-electron chi connectivity index (χ2n) is 3.95. The molecule has 0 saturated carbocycles. The Labute approximate surface area is 109 Å². The number of hydrogen-bond acceptors (Lipinski definition) is 5. The summed E-state index contributed by atoms with van der Waals surface area (Å²) >= 11 is 0.897. The van der Waals surface area contributed by atoms with Crippen molar-refractivity contribution < 1.29 is 23.1 Å². The highest BCUT2D eigenvalue weighted by Crippen LogP contribution is 2.22. The first-order chi connectivity index (χ1) is 8.50. The van der Waals surface area contributed by atoms with E-state index < -0.39 is 16.0 Å². The fourth-order valence-electron chi connectivity index (χ4n) is 1.78. The number of carboxylic acids is 1. The van der Waals surface area contributed by atoms with E-state index >= 15 is 0 Å². The van der Waals surface area contributed by atoms with Gasteiger partial charge in [-0.15, -0.1) is 11.3 Å². The number of ether oxygens (including phenoxy) is 1. The second kappa shape index (κ2) is 5.35. The zero-order chi connectivity index (χ0) is 13.2. The van der Waals surface area contributed by atoms with E-state index in [1.165, 1.54) is 11.4 Å². The average molecular weight is 291 g/mol. The average Bonchev–Trinajstić information content (AvgIpc) is 2.79. The molecule has 0 bridgehead atoms. The number of carboxylic acid groups (broad SMARTS) is 1. The van der Waals surface area contributed by atoms with Crippen molar-refractivity contribution in [2.45, 2.75) is 23.8 Å². The topological polar surface area (TPSA) is 92.7 Å². The van der Waals surface area contributed by atoms with Crippen LogP contribution in [0.5, 0.6) is 0 Å². The third kappa shape index (κ3) is 2.89. The van der Waals surface area contributed by atoms with Crippen molar-refractivity contribution >= 4 is 27.3 Å². The van der Waals surface area contributed by atoms with Gasteiger partial charge in [0.2, 0.25) is 10.0 Å². The lowest BCUT2D eigenvalue weighted by molar-refractivity contribution is 0.0698. The summed E-state index contributed by atoms with van der Waals surface area (Å²) in [6, 6.07) is 1.02. The summed E-state index contributed by atoms with van der Waals surface area (Å²) < 4.78 is 31.8. The van der Waals surface area contributed by atoms with Gasteiger partial charge in [0.1, 0.15) is 9.77 Å². The van der Waals surface area contributed by atoms with E-state index in [4.69, 9.17) is 9.84 Å². The molecule has 6 nitrogen and oxygen atoms in total. The highest BCUT2D eigenvalue weighted by Gasteiger charge is 2.27. The van der Waals surface area contributed by atoms with Crippen LogP contribution in [-0.2, 0) is 14.8 Å². The van der Waals surface area contributed by atoms with Gasteiger partial charge in [0.15, 0.2) is 0 Å². The van der Waals surface area contributed by atoms with Gasteiger partial charge in [0, 0.05) is 12.6 Å². The Bertz CT molecular complexity index is 530. The van der Waals surface area contributed by atoms with Gasteiger partial charge in [-0.05, 0) is 24.3 Å². The predicted molar refractivity (Wildman–Crippen MR) is 65.4 cm³/mol. The number of rotatable bonds is 4. The lowest BCUT2D eigenvalue weighted by atomic mass is 10.1. The van der Waals surface area contributed by atoms with Crippen LogP contribution in [0.1, 0.15) is 22.5 Å². The lowest BCUT2D eigenvalue weighted by Gasteiger charge is -2.22. The molecule has 0 aromatic carbocycles. The van der Waals surface area contributed by atoms with Gasteiger partial charge >= 0.3 is 5.97 Å². The van der Waals surface area contributed by atoms with Crippen molar-refractivity contribution in [3.8, 4) is 0 Å². The number of aromatic carboxylic acids is 1. The maximum Gasteiger partial charge on any atom is 0.347 e. The standard InChI is InChI=1S/C10H13NO5S2/c12-10(13)9-8(3-5-17-9)18(14,15)11-7-2-1-4-16-6-7/h3,5,7,11H,1-2,4,6H2,(H,12,13). The Morgan fingerprint density at radius 3 is 2.94 bits per heavy atom. The minimum Gasteiger partial charge on any atom is -0.477 e. The quantitative estimate of drug-likeness (QED) is 0.860. The normalized spacial score (nSPS) is 20.8. The molecule has 1 fully saturated rings. The van der Waals surface area contributed by atoms with Gasteiger partial charge in [-0.25, -0.2) is 17.9 Å². The van der Waals surface area contributed by atoms with E-state index in [1.54, 1.807) is 0 Å². The van der Waals surface area contributed by atoms with Crippen LogP contribution < -0.4 is 4.72 Å².